The first-order valence-corrected chi connectivity index (χ1v) is 15.3. The molecule has 0 radical (unpaired) electrons. The molecule has 1 aromatic heterocycles. The zero-order valence-electron chi connectivity index (χ0n) is 21.9. The number of aliphatic hydroxyl groups excluding tert-OH is 1. The number of anilines is 1. The smallest absolute Gasteiger partial charge is 0.251 e. The van der Waals surface area contributed by atoms with Gasteiger partial charge in [-0.05, 0) is 69.4 Å². The largest absolute Gasteiger partial charge is 0.393 e. The van der Waals surface area contributed by atoms with E-state index >= 15 is 0 Å². The number of aromatic nitrogens is 1. The topological polar surface area (TPSA) is 135 Å². The van der Waals surface area contributed by atoms with Gasteiger partial charge >= 0.3 is 0 Å². The molecule has 9 nitrogen and oxygen atoms in total. The summed E-state index contributed by atoms with van der Waals surface area (Å²) >= 11 is 1.28. The minimum Gasteiger partial charge on any atom is -0.393 e. The number of nitrogens with zero attached hydrogens (tertiary/aromatic N) is 1. The summed E-state index contributed by atoms with van der Waals surface area (Å²) in [7, 11) is -3.52. The van der Waals surface area contributed by atoms with Crippen LogP contribution in [-0.2, 0) is 26.0 Å². The van der Waals surface area contributed by atoms with E-state index in [2.05, 4.69) is 15.6 Å². The molecule has 3 N–H and O–H groups in total. The molecular formula is C28H33N3O6S2. The van der Waals surface area contributed by atoms with E-state index in [4.69, 9.17) is 4.74 Å². The predicted octanol–water partition coefficient (Wildman–Crippen LogP) is 4.18. The molecule has 1 fully saturated rings. The fourth-order valence-electron chi connectivity index (χ4n) is 4.22. The Labute approximate surface area is 232 Å². The van der Waals surface area contributed by atoms with Gasteiger partial charge in [-0.2, -0.15) is 0 Å². The third-order valence-corrected chi connectivity index (χ3v) is 9.47. The Bertz CT molecular complexity index is 1410. The molecule has 1 aliphatic carbocycles. The van der Waals surface area contributed by atoms with Crippen molar-refractivity contribution in [2.75, 3.05) is 11.9 Å². The normalized spacial score (nSPS) is 17.6. The zero-order chi connectivity index (χ0) is 28.0. The molecule has 0 saturated heterocycles. The molecule has 208 valence electrons. The summed E-state index contributed by atoms with van der Waals surface area (Å²) in [5.41, 5.74) is 2.79. The monoisotopic (exact) mass is 571 g/mol. The van der Waals surface area contributed by atoms with E-state index < -0.39 is 26.9 Å². The standard InChI is InChI=1S/C28H33N3O6S2/c1-18(2)39(35,36)24-8-4-7-21(14-24)27(34)29-15-26(33)31-28-30-25(17-38-28)20-6-3-5-19(13-20)16-37-23-11-9-22(32)10-12-23/h3-8,13-14,17-18,22-23,32H,9-12,15-16H2,1-2H3,(H,29,34)(H,30,31,33). The Kier molecular flexibility index (Phi) is 9.49. The van der Waals surface area contributed by atoms with Gasteiger partial charge < -0.3 is 20.5 Å². The predicted molar refractivity (Wildman–Crippen MR) is 150 cm³/mol. The van der Waals surface area contributed by atoms with Crippen LogP contribution >= 0.6 is 11.3 Å². The maximum atomic E-state index is 12.5. The highest BCUT2D eigenvalue weighted by Gasteiger charge is 2.21. The van der Waals surface area contributed by atoms with Crippen molar-refractivity contribution in [2.24, 2.45) is 0 Å². The summed E-state index contributed by atoms with van der Waals surface area (Å²) in [5.74, 6) is -0.996. The number of carbonyl (C=O) groups excluding carboxylic acids is 2. The van der Waals surface area contributed by atoms with Gasteiger partial charge in [0.15, 0.2) is 15.0 Å². The fourth-order valence-corrected chi connectivity index (χ4v) is 6.06. The van der Waals surface area contributed by atoms with E-state index in [1.165, 1.54) is 35.6 Å². The average molecular weight is 572 g/mol. The number of sulfone groups is 1. The van der Waals surface area contributed by atoms with Gasteiger partial charge in [-0.1, -0.05) is 24.3 Å². The number of amides is 2. The van der Waals surface area contributed by atoms with Crippen LogP contribution in [-0.4, -0.2) is 54.3 Å². The van der Waals surface area contributed by atoms with Gasteiger partial charge in [-0.25, -0.2) is 13.4 Å². The van der Waals surface area contributed by atoms with Crippen molar-refractivity contribution in [1.82, 2.24) is 10.3 Å². The quantitative estimate of drug-likeness (QED) is 0.332. The number of benzene rings is 2. The SMILES string of the molecule is CC(C)S(=O)(=O)c1cccc(C(=O)NCC(=O)Nc2nc(-c3cccc(COC4CCC(O)CC4)c3)cs2)c1. The van der Waals surface area contributed by atoms with Gasteiger partial charge in [0.2, 0.25) is 5.91 Å². The summed E-state index contributed by atoms with van der Waals surface area (Å²) in [4.78, 5) is 29.5. The molecule has 2 aromatic carbocycles. The van der Waals surface area contributed by atoms with Gasteiger partial charge in [-0.3, -0.25) is 9.59 Å². The first-order chi connectivity index (χ1) is 18.6. The second-order valence-corrected chi connectivity index (χ2v) is 13.2. The number of hydrogen-bond acceptors (Lipinski definition) is 8. The van der Waals surface area contributed by atoms with Crippen LogP contribution in [0.2, 0.25) is 0 Å². The number of carbonyl (C=O) groups is 2. The van der Waals surface area contributed by atoms with E-state index in [1.54, 1.807) is 13.8 Å². The van der Waals surface area contributed by atoms with Crippen LogP contribution in [0.3, 0.4) is 0 Å². The van der Waals surface area contributed by atoms with Gasteiger partial charge in [-0.15, -0.1) is 11.3 Å². The number of aliphatic hydroxyl groups is 1. The number of ether oxygens (including phenoxy) is 1. The van der Waals surface area contributed by atoms with Crippen LogP contribution in [0.1, 0.15) is 55.5 Å². The molecule has 2 amide bonds. The van der Waals surface area contributed by atoms with Crippen molar-refractivity contribution in [2.45, 2.75) is 68.5 Å². The van der Waals surface area contributed by atoms with Crippen molar-refractivity contribution in [3.05, 3.63) is 65.0 Å². The molecular weight excluding hydrogens is 538 g/mol. The first-order valence-electron chi connectivity index (χ1n) is 12.9. The summed E-state index contributed by atoms with van der Waals surface area (Å²) in [6.07, 6.45) is 3.23. The van der Waals surface area contributed by atoms with E-state index in [0.717, 1.165) is 36.8 Å². The Morgan fingerprint density at radius 3 is 2.59 bits per heavy atom. The Morgan fingerprint density at radius 2 is 1.85 bits per heavy atom. The third-order valence-electron chi connectivity index (χ3n) is 6.56. The van der Waals surface area contributed by atoms with Crippen LogP contribution in [0.5, 0.6) is 0 Å². The molecule has 0 spiro atoms. The summed E-state index contributed by atoms with van der Waals surface area (Å²) in [6, 6.07) is 13.6. The molecule has 0 aliphatic heterocycles. The molecule has 0 atom stereocenters. The number of nitrogens with one attached hydrogen (secondary N) is 2. The summed E-state index contributed by atoms with van der Waals surface area (Å²) in [6.45, 7) is 3.34. The van der Waals surface area contributed by atoms with Crippen LogP contribution < -0.4 is 10.6 Å². The first kappa shape index (κ1) is 28.9. The van der Waals surface area contributed by atoms with Crippen molar-refractivity contribution in [3.63, 3.8) is 0 Å². The summed E-state index contributed by atoms with van der Waals surface area (Å²) in [5, 5.41) is 16.5. The van der Waals surface area contributed by atoms with Crippen LogP contribution in [0.15, 0.2) is 58.8 Å². The number of rotatable bonds is 10. The van der Waals surface area contributed by atoms with E-state index in [9.17, 15) is 23.1 Å². The lowest BCUT2D eigenvalue weighted by atomic mass is 9.95. The van der Waals surface area contributed by atoms with Crippen molar-refractivity contribution in [1.29, 1.82) is 0 Å². The van der Waals surface area contributed by atoms with Crippen molar-refractivity contribution < 1.29 is 27.9 Å². The van der Waals surface area contributed by atoms with Crippen LogP contribution in [0.25, 0.3) is 11.3 Å². The van der Waals surface area contributed by atoms with Gasteiger partial charge in [0.25, 0.3) is 5.91 Å². The molecule has 4 rings (SSSR count). The Hall–Kier alpha value is -3.12. The highest BCUT2D eigenvalue weighted by Crippen LogP contribution is 2.27. The van der Waals surface area contributed by atoms with Crippen molar-refractivity contribution in [3.8, 4) is 11.3 Å². The lowest BCUT2D eigenvalue weighted by molar-refractivity contribution is -0.115. The molecule has 1 saturated carbocycles. The van der Waals surface area contributed by atoms with E-state index in [0.29, 0.717) is 17.4 Å². The Morgan fingerprint density at radius 1 is 1.10 bits per heavy atom. The number of thiazole rings is 1. The average Bonchev–Trinajstić information content (AvgIpc) is 3.40. The highest BCUT2D eigenvalue weighted by molar-refractivity contribution is 7.92. The molecule has 0 bridgehead atoms. The third kappa shape index (κ3) is 7.72. The van der Waals surface area contributed by atoms with E-state index in [-0.39, 0.29) is 29.2 Å². The van der Waals surface area contributed by atoms with E-state index in [1.807, 2.05) is 29.6 Å². The zero-order valence-corrected chi connectivity index (χ0v) is 23.6. The maximum absolute atomic E-state index is 12.5. The molecule has 39 heavy (non-hydrogen) atoms. The van der Waals surface area contributed by atoms with Crippen LogP contribution in [0, 0.1) is 0 Å². The van der Waals surface area contributed by atoms with Gasteiger partial charge in [0, 0.05) is 16.5 Å². The molecule has 3 aromatic rings. The number of hydrogen-bond donors (Lipinski definition) is 3. The minimum atomic E-state index is -3.52. The minimum absolute atomic E-state index is 0.0642. The highest BCUT2D eigenvalue weighted by atomic mass is 32.2. The Balaban J connectivity index is 1.29. The second-order valence-electron chi connectivity index (χ2n) is 9.83. The van der Waals surface area contributed by atoms with Gasteiger partial charge in [0.05, 0.1) is 41.2 Å². The second kappa shape index (κ2) is 12.8. The lowest BCUT2D eigenvalue weighted by Crippen LogP contribution is -2.33. The van der Waals surface area contributed by atoms with Gasteiger partial charge in [0.1, 0.15) is 0 Å². The van der Waals surface area contributed by atoms with Crippen LogP contribution in [0.4, 0.5) is 5.13 Å². The van der Waals surface area contributed by atoms with Crippen molar-refractivity contribution >= 4 is 38.1 Å². The fraction of sp³-hybridized carbons (Fsp3) is 0.393. The maximum Gasteiger partial charge on any atom is 0.251 e. The summed E-state index contributed by atoms with van der Waals surface area (Å²) < 4.78 is 30.8. The molecule has 0 unspecified atom stereocenters. The molecule has 1 aliphatic rings. The lowest BCUT2D eigenvalue weighted by Gasteiger charge is -2.25. The molecule has 1 heterocycles. The molecule has 11 heteroatoms.